The van der Waals surface area contributed by atoms with Crippen molar-refractivity contribution in [2.45, 2.75) is 39.7 Å². The molecule has 0 bridgehead atoms. The van der Waals surface area contributed by atoms with E-state index in [1.165, 1.54) is 11.5 Å². The van der Waals surface area contributed by atoms with Crippen molar-refractivity contribution in [2.24, 2.45) is 11.7 Å². The molecule has 0 fully saturated rings. The zero-order valence-electron chi connectivity index (χ0n) is 9.66. The van der Waals surface area contributed by atoms with Gasteiger partial charge >= 0.3 is 0 Å². The second-order valence-corrected chi connectivity index (χ2v) is 4.75. The quantitative estimate of drug-likeness (QED) is 0.780. The van der Waals surface area contributed by atoms with E-state index in [0.717, 1.165) is 23.8 Å². The van der Waals surface area contributed by atoms with Crippen LogP contribution < -0.4 is 11.1 Å². The van der Waals surface area contributed by atoms with Crippen molar-refractivity contribution in [1.29, 1.82) is 0 Å². The van der Waals surface area contributed by atoms with Crippen LogP contribution in [0.3, 0.4) is 0 Å². The van der Waals surface area contributed by atoms with E-state index in [1.807, 2.05) is 0 Å². The summed E-state index contributed by atoms with van der Waals surface area (Å²) in [6.45, 7) is 7.06. The van der Waals surface area contributed by atoms with E-state index >= 15 is 0 Å². The van der Waals surface area contributed by atoms with Crippen LogP contribution in [-0.2, 0) is 6.42 Å². The van der Waals surface area contributed by atoms with Crippen LogP contribution >= 0.6 is 11.5 Å². The highest BCUT2D eigenvalue weighted by atomic mass is 32.1. The van der Waals surface area contributed by atoms with Gasteiger partial charge < -0.3 is 11.1 Å². The maximum atomic E-state index is 5.68. The van der Waals surface area contributed by atoms with E-state index in [9.17, 15) is 0 Å². The number of aryl methyl sites for hydroxylation is 1. The van der Waals surface area contributed by atoms with Crippen molar-refractivity contribution in [3.05, 3.63) is 5.82 Å². The lowest BCUT2D eigenvalue weighted by molar-refractivity contribution is 0.531. The van der Waals surface area contributed by atoms with Gasteiger partial charge in [-0.05, 0) is 12.3 Å². The van der Waals surface area contributed by atoms with Crippen molar-refractivity contribution in [2.75, 3.05) is 11.9 Å². The number of hydrogen-bond donors (Lipinski definition) is 2. The summed E-state index contributed by atoms with van der Waals surface area (Å²) in [4.78, 5) is 4.41. The van der Waals surface area contributed by atoms with Gasteiger partial charge in [-0.15, -0.1) is 0 Å². The van der Waals surface area contributed by atoms with Gasteiger partial charge in [0.05, 0.1) is 0 Å². The number of nitrogens with one attached hydrogen (secondary N) is 1. The van der Waals surface area contributed by atoms with Crippen molar-refractivity contribution in [1.82, 2.24) is 9.36 Å². The summed E-state index contributed by atoms with van der Waals surface area (Å²) in [5, 5.41) is 4.22. The van der Waals surface area contributed by atoms with E-state index in [0.29, 0.717) is 12.5 Å². The van der Waals surface area contributed by atoms with E-state index in [-0.39, 0.29) is 6.04 Å². The molecule has 0 saturated heterocycles. The highest BCUT2D eigenvalue weighted by Crippen LogP contribution is 2.15. The smallest absolute Gasteiger partial charge is 0.202 e. The average Bonchev–Trinajstić information content (AvgIpc) is 2.62. The molecule has 4 nitrogen and oxygen atoms in total. The monoisotopic (exact) mass is 228 g/mol. The number of aromatic nitrogens is 2. The maximum absolute atomic E-state index is 5.68. The van der Waals surface area contributed by atoms with Crippen molar-refractivity contribution < 1.29 is 0 Å². The Balaban J connectivity index is 2.55. The molecule has 1 aromatic heterocycles. The maximum Gasteiger partial charge on any atom is 0.202 e. The highest BCUT2D eigenvalue weighted by molar-refractivity contribution is 7.09. The van der Waals surface area contributed by atoms with Gasteiger partial charge in [-0.2, -0.15) is 4.37 Å². The SMILES string of the molecule is CCCc1nsc(NC(CN)C(C)C)n1. The molecule has 0 aliphatic rings. The van der Waals surface area contributed by atoms with Gasteiger partial charge in [-0.25, -0.2) is 4.98 Å². The number of nitrogens with two attached hydrogens (primary N) is 1. The lowest BCUT2D eigenvalue weighted by Crippen LogP contribution is -2.33. The molecule has 1 unspecified atom stereocenters. The predicted molar refractivity (Wildman–Crippen MR) is 65.2 cm³/mol. The third kappa shape index (κ3) is 3.76. The molecule has 1 heterocycles. The molecular weight excluding hydrogens is 208 g/mol. The Morgan fingerprint density at radius 1 is 1.47 bits per heavy atom. The molecule has 3 N–H and O–H groups in total. The van der Waals surface area contributed by atoms with Crippen molar-refractivity contribution >= 4 is 16.7 Å². The summed E-state index contributed by atoms with van der Waals surface area (Å²) >= 11 is 1.42. The molecule has 0 aliphatic carbocycles. The summed E-state index contributed by atoms with van der Waals surface area (Å²) in [6.07, 6.45) is 2.04. The molecule has 0 radical (unpaired) electrons. The number of nitrogens with zero attached hydrogens (tertiary/aromatic N) is 2. The van der Waals surface area contributed by atoms with E-state index in [4.69, 9.17) is 5.73 Å². The standard InChI is InChI=1S/C10H20N4S/c1-4-5-9-13-10(15-14-9)12-8(6-11)7(2)3/h7-8H,4-6,11H2,1-3H3,(H,12,13,14). The summed E-state index contributed by atoms with van der Waals surface area (Å²) in [5.74, 6) is 1.44. The number of anilines is 1. The van der Waals surface area contributed by atoms with Gasteiger partial charge in [0.15, 0.2) is 0 Å². The largest absolute Gasteiger partial charge is 0.356 e. The van der Waals surface area contributed by atoms with Crippen LogP contribution in [0.1, 0.15) is 33.0 Å². The number of rotatable bonds is 6. The third-order valence-corrected chi connectivity index (χ3v) is 2.99. The molecule has 0 spiro atoms. The zero-order valence-corrected chi connectivity index (χ0v) is 10.5. The van der Waals surface area contributed by atoms with Gasteiger partial charge in [-0.1, -0.05) is 20.8 Å². The molecule has 0 aromatic carbocycles. The molecule has 0 saturated carbocycles. The van der Waals surface area contributed by atoms with Gasteiger partial charge in [0, 0.05) is 30.5 Å². The summed E-state index contributed by atoms with van der Waals surface area (Å²) in [6, 6.07) is 0.285. The van der Waals surface area contributed by atoms with Crippen molar-refractivity contribution in [3.63, 3.8) is 0 Å². The Morgan fingerprint density at radius 2 is 2.20 bits per heavy atom. The Labute approximate surface area is 95.5 Å². The third-order valence-electron chi connectivity index (χ3n) is 2.31. The fraction of sp³-hybridized carbons (Fsp3) is 0.800. The van der Waals surface area contributed by atoms with Crippen LogP contribution in [-0.4, -0.2) is 21.9 Å². The van der Waals surface area contributed by atoms with Crippen molar-refractivity contribution in [3.8, 4) is 0 Å². The first-order valence-corrected chi connectivity index (χ1v) is 6.23. The normalized spacial score (nSPS) is 13.1. The first-order chi connectivity index (χ1) is 7.17. The van der Waals surface area contributed by atoms with Crippen LogP contribution in [0.15, 0.2) is 0 Å². The number of hydrogen-bond acceptors (Lipinski definition) is 5. The summed E-state index contributed by atoms with van der Waals surface area (Å²) < 4.78 is 4.28. The Morgan fingerprint density at radius 3 is 2.73 bits per heavy atom. The molecule has 1 aromatic rings. The lowest BCUT2D eigenvalue weighted by atomic mass is 10.1. The Kier molecular flexibility index (Phi) is 4.98. The minimum Gasteiger partial charge on any atom is -0.356 e. The van der Waals surface area contributed by atoms with E-state index in [1.54, 1.807) is 0 Å². The van der Waals surface area contributed by atoms with Crippen LogP contribution in [0, 0.1) is 5.92 Å². The summed E-state index contributed by atoms with van der Waals surface area (Å²) in [5.41, 5.74) is 5.68. The molecular formula is C10H20N4S. The highest BCUT2D eigenvalue weighted by Gasteiger charge is 2.13. The minimum atomic E-state index is 0.285. The minimum absolute atomic E-state index is 0.285. The van der Waals surface area contributed by atoms with E-state index in [2.05, 4.69) is 35.4 Å². The van der Waals surface area contributed by atoms with Crippen LogP contribution in [0.25, 0.3) is 0 Å². The van der Waals surface area contributed by atoms with Gasteiger partial charge in [0.25, 0.3) is 0 Å². The molecule has 1 rings (SSSR count). The first-order valence-electron chi connectivity index (χ1n) is 5.46. The fourth-order valence-corrected chi connectivity index (χ4v) is 1.97. The fourth-order valence-electron chi connectivity index (χ4n) is 1.29. The van der Waals surface area contributed by atoms with E-state index < -0.39 is 0 Å². The lowest BCUT2D eigenvalue weighted by Gasteiger charge is -2.19. The predicted octanol–water partition coefficient (Wildman–Crippen LogP) is 1.89. The second-order valence-electron chi connectivity index (χ2n) is 4.00. The van der Waals surface area contributed by atoms with Gasteiger partial charge in [-0.3, -0.25) is 0 Å². The zero-order chi connectivity index (χ0) is 11.3. The average molecular weight is 228 g/mol. The van der Waals surface area contributed by atoms with Crippen LogP contribution in [0.5, 0.6) is 0 Å². The Bertz CT molecular complexity index is 285. The van der Waals surface area contributed by atoms with Crippen LogP contribution in [0.2, 0.25) is 0 Å². The topological polar surface area (TPSA) is 63.8 Å². The molecule has 15 heavy (non-hydrogen) atoms. The second kappa shape index (κ2) is 6.02. The molecule has 86 valence electrons. The molecule has 1 atom stereocenters. The molecule has 5 heteroatoms. The van der Waals surface area contributed by atoms with Gasteiger partial charge in [0.2, 0.25) is 5.13 Å². The molecule has 0 aliphatic heterocycles. The Hall–Kier alpha value is -0.680. The summed E-state index contributed by atoms with van der Waals surface area (Å²) in [7, 11) is 0. The van der Waals surface area contributed by atoms with Crippen LogP contribution in [0.4, 0.5) is 5.13 Å². The first kappa shape index (κ1) is 12.4. The van der Waals surface area contributed by atoms with Gasteiger partial charge in [0.1, 0.15) is 5.82 Å². The molecule has 0 amide bonds.